The number of aliphatic carboxylic acids is 1. The van der Waals surface area contributed by atoms with Crippen LogP contribution in [0.2, 0.25) is 0 Å². The highest BCUT2D eigenvalue weighted by Crippen LogP contribution is 2.52. The van der Waals surface area contributed by atoms with Crippen LogP contribution in [0.5, 0.6) is 0 Å². The minimum absolute atomic E-state index is 0.0279. The molecule has 0 aromatic rings. The summed E-state index contributed by atoms with van der Waals surface area (Å²) < 4.78 is 63.4. The Balaban J connectivity index is 3.08. The van der Waals surface area contributed by atoms with Crippen molar-refractivity contribution in [2.24, 2.45) is 5.41 Å². The van der Waals surface area contributed by atoms with Gasteiger partial charge in [-0.15, -0.1) is 0 Å². The van der Waals surface area contributed by atoms with E-state index in [1.54, 1.807) is 0 Å². The Hall–Kier alpha value is -0.530. The van der Waals surface area contributed by atoms with Gasteiger partial charge < -0.3 is 5.11 Å². The van der Waals surface area contributed by atoms with Gasteiger partial charge in [-0.1, -0.05) is 0 Å². The van der Waals surface area contributed by atoms with Crippen LogP contribution in [0.4, 0.5) is 22.0 Å². The van der Waals surface area contributed by atoms with Gasteiger partial charge in [0.15, 0.2) is 0 Å². The number of rotatable bonds is 2. The first-order chi connectivity index (χ1) is 7.11. The van der Waals surface area contributed by atoms with Crippen molar-refractivity contribution in [3.05, 3.63) is 0 Å². The zero-order valence-corrected chi connectivity index (χ0v) is 8.80. The van der Waals surface area contributed by atoms with Crippen LogP contribution < -0.4 is 0 Å². The molecule has 1 saturated heterocycles. The van der Waals surface area contributed by atoms with Crippen molar-refractivity contribution in [2.45, 2.75) is 24.9 Å². The smallest absolute Gasteiger partial charge is 0.390 e. The third kappa shape index (κ3) is 2.41. The van der Waals surface area contributed by atoms with E-state index in [1.165, 1.54) is 0 Å². The lowest BCUT2D eigenvalue weighted by Gasteiger charge is -2.40. The standard InChI is InChI=1S/C8H9F5O2S/c9-7(10)1-2-16-4-6(7,5(14)15)3-8(11,12)13/h1-4H2,(H,14,15). The summed E-state index contributed by atoms with van der Waals surface area (Å²) in [5.41, 5.74) is -3.02. The summed E-state index contributed by atoms with van der Waals surface area (Å²) in [6, 6.07) is 0. The summed E-state index contributed by atoms with van der Waals surface area (Å²) in [5.74, 6) is -6.64. The number of halogens is 5. The SMILES string of the molecule is O=C(O)C1(CC(F)(F)F)CSCCC1(F)F. The zero-order chi connectivity index (χ0) is 12.6. The molecule has 1 N–H and O–H groups in total. The average molecular weight is 264 g/mol. The predicted octanol–water partition coefficient (Wildman–Crippen LogP) is 2.78. The first kappa shape index (κ1) is 13.5. The Morgan fingerprint density at radius 1 is 1.38 bits per heavy atom. The van der Waals surface area contributed by atoms with Crippen molar-refractivity contribution in [2.75, 3.05) is 11.5 Å². The third-order valence-electron chi connectivity index (χ3n) is 2.52. The highest BCUT2D eigenvalue weighted by molar-refractivity contribution is 7.99. The van der Waals surface area contributed by atoms with Crippen LogP contribution in [-0.2, 0) is 4.79 Å². The molecular formula is C8H9F5O2S. The van der Waals surface area contributed by atoms with Gasteiger partial charge in [0.25, 0.3) is 5.92 Å². The first-order valence-electron chi connectivity index (χ1n) is 4.36. The zero-order valence-electron chi connectivity index (χ0n) is 7.98. The van der Waals surface area contributed by atoms with Crippen molar-refractivity contribution in [3.63, 3.8) is 0 Å². The molecule has 0 amide bonds. The van der Waals surface area contributed by atoms with Gasteiger partial charge in [0.2, 0.25) is 0 Å². The quantitative estimate of drug-likeness (QED) is 0.779. The Labute approximate surface area is 92.2 Å². The van der Waals surface area contributed by atoms with Gasteiger partial charge in [-0.3, -0.25) is 4.79 Å². The fraction of sp³-hybridized carbons (Fsp3) is 0.875. The van der Waals surface area contributed by atoms with E-state index in [0.29, 0.717) is 0 Å². The first-order valence-corrected chi connectivity index (χ1v) is 5.52. The van der Waals surface area contributed by atoms with E-state index < -0.39 is 42.1 Å². The molecule has 2 nitrogen and oxygen atoms in total. The van der Waals surface area contributed by atoms with Gasteiger partial charge >= 0.3 is 12.1 Å². The van der Waals surface area contributed by atoms with Crippen molar-refractivity contribution in [1.82, 2.24) is 0 Å². The molecule has 1 aliphatic rings. The molecule has 1 aliphatic heterocycles. The van der Waals surface area contributed by atoms with Gasteiger partial charge in [0.05, 0.1) is 6.42 Å². The summed E-state index contributed by atoms with van der Waals surface area (Å²) >= 11 is 0.812. The van der Waals surface area contributed by atoms with Crippen molar-refractivity contribution < 1.29 is 31.9 Å². The van der Waals surface area contributed by atoms with Crippen LogP contribution in [0.25, 0.3) is 0 Å². The minimum Gasteiger partial charge on any atom is -0.481 e. The maximum atomic E-state index is 13.4. The van der Waals surface area contributed by atoms with Gasteiger partial charge in [-0.2, -0.15) is 24.9 Å². The van der Waals surface area contributed by atoms with E-state index in [2.05, 4.69) is 0 Å². The number of carbonyl (C=O) groups is 1. The summed E-state index contributed by atoms with van der Waals surface area (Å²) in [6.07, 6.45) is -7.74. The molecule has 1 heterocycles. The molecule has 1 atom stereocenters. The minimum atomic E-state index is -4.92. The monoisotopic (exact) mass is 264 g/mol. The van der Waals surface area contributed by atoms with Crippen LogP contribution in [-0.4, -0.2) is 34.7 Å². The highest BCUT2D eigenvalue weighted by atomic mass is 32.2. The molecule has 0 saturated carbocycles. The third-order valence-corrected chi connectivity index (χ3v) is 3.71. The molecular weight excluding hydrogens is 255 g/mol. The van der Waals surface area contributed by atoms with E-state index in [-0.39, 0.29) is 5.75 Å². The summed E-state index contributed by atoms with van der Waals surface area (Å²) in [6.45, 7) is 0. The molecule has 0 aromatic carbocycles. The average Bonchev–Trinajstić information content (AvgIpc) is 2.06. The Bertz CT molecular complexity index is 291. The normalized spacial score (nSPS) is 30.1. The van der Waals surface area contributed by atoms with Crippen LogP contribution in [0.1, 0.15) is 12.8 Å². The molecule has 94 valence electrons. The predicted molar refractivity (Wildman–Crippen MR) is 47.6 cm³/mol. The van der Waals surface area contributed by atoms with Gasteiger partial charge in [0, 0.05) is 12.2 Å². The number of hydrogen-bond donors (Lipinski definition) is 1. The second-order valence-electron chi connectivity index (χ2n) is 3.69. The lowest BCUT2D eigenvalue weighted by molar-refractivity contribution is -0.217. The Kier molecular flexibility index (Phi) is 3.42. The lowest BCUT2D eigenvalue weighted by atomic mass is 9.78. The fourth-order valence-corrected chi connectivity index (χ4v) is 2.94. The van der Waals surface area contributed by atoms with E-state index >= 15 is 0 Å². The van der Waals surface area contributed by atoms with E-state index in [9.17, 15) is 26.7 Å². The molecule has 1 unspecified atom stereocenters. The second-order valence-corrected chi connectivity index (χ2v) is 4.79. The number of thioether (sulfide) groups is 1. The molecule has 0 spiro atoms. The Morgan fingerprint density at radius 2 is 1.94 bits per heavy atom. The maximum absolute atomic E-state index is 13.4. The molecule has 1 rings (SSSR count). The van der Waals surface area contributed by atoms with E-state index in [4.69, 9.17) is 5.11 Å². The summed E-state index contributed by atoms with van der Waals surface area (Å²) in [5, 5.41) is 8.69. The lowest BCUT2D eigenvalue weighted by Crippen LogP contribution is -2.54. The number of hydrogen-bond acceptors (Lipinski definition) is 2. The fourth-order valence-electron chi connectivity index (χ4n) is 1.61. The largest absolute Gasteiger partial charge is 0.481 e. The number of carboxylic acid groups (broad SMARTS) is 1. The van der Waals surface area contributed by atoms with Gasteiger partial charge in [0.1, 0.15) is 5.41 Å². The maximum Gasteiger partial charge on any atom is 0.390 e. The van der Waals surface area contributed by atoms with Crippen LogP contribution in [0.15, 0.2) is 0 Å². The van der Waals surface area contributed by atoms with Gasteiger partial charge in [-0.25, -0.2) is 8.78 Å². The molecule has 8 heteroatoms. The van der Waals surface area contributed by atoms with Crippen molar-refractivity contribution >= 4 is 17.7 Å². The van der Waals surface area contributed by atoms with E-state index in [1.807, 2.05) is 0 Å². The topological polar surface area (TPSA) is 37.3 Å². The number of carboxylic acids is 1. The molecule has 0 bridgehead atoms. The number of alkyl halides is 5. The Morgan fingerprint density at radius 3 is 2.31 bits per heavy atom. The molecule has 1 fully saturated rings. The molecule has 0 aliphatic carbocycles. The second kappa shape index (κ2) is 4.05. The van der Waals surface area contributed by atoms with Crippen LogP contribution >= 0.6 is 11.8 Å². The van der Waals surface area contributed by atoms with Crippen molar-refractivity contribution in [3.8, 4) is 0 Å². The van der Waals surface area contributed by atoms with Gasteiger partial charge in [-0.05, 0) is 5.75 Å². The highest BCUT2D eigenvalue weighted by Gasteiger charge is 2.64. The molecule has 0 aromatic heterocycles. The van der Waals surface area contributed by atoms with Crippen molar-refractivity contribution in [1.29, 1.82) is 0 Å². The molecule has 16 heavy (non-hydrogen) atoms. The summed E-state index contributed by atoms with van der Waals surface area (Å²) in [7, 11) is 0. The van der Waals surface area contributed by atoms with Crippen LogP contribution in [0, 0.1) is 5.41 Å². The summed E-state index contributed by atoms with van der Waals surface area (Å²) in [4.78, 5) is 10.8. The van der Waals surface area contributed by atoms with E-state index in [0.717, 1.165) is 11.8 Å². The van der Waals surface area contributed by atoms with Crippen LogP contribution in [0.3, 0.4) is 0 Å². The molecule has 0 radical (unpaired) electrons.